The van der Waals surface area contributed by atoms with Crippen molar-refractivity contribution in [3.05, 3.63) is 51.7 Å². The van der Waals surface area contributed by atoms with E-state index >= 15 is 0 Å². The average Bonchev–Trinajstić information content (AvgIpc) is 3.32. The lowest BCUT2D eigenvalue weighted by molar-refractivity contribution is -0.286. The number of rotatable bonds is 4. The summed E-state index contributed by atoms with van der Waals surface area (Å²) in [7, 11) is 0. The van der Waals surface area contributed by atoms with Gasteiger partial charge in [0.2, 0.25) is 0 Å². The summed E-state index contributed by atoms with van der Waals surface area (Å²) >= 11 is 0. The first-order valence-electron chi connectivity index (χ1n) is 8.09. The number of aryl methyl sites for hydroxylation is 1. The number of H-pyrrole nitrogens is 1. The Balaban J connectivity index is 1.59. The van der Waals surface area contributed by atoms with E-state index in [9.17, 15) is 18.4 Å². The smallest absolute Gasteiger partial charge is 0.395 e. The first-order valence-corrected chi connectivity index (χ1v) is 8.09. The van der Waals surface area contributed by atoms with Crippen molar-refractivity contribution in [1.82, 2.24) is 15.3 Å². The lowest BCUT2D eigenvalue weighted by Gasteiger charge is -2.19. The molecule has 1 aromatic carbocycles. The van der Waals surface area contributed by atoms with Gasteiger partial charge in [-0.05, 0) is 43.4 Å². The number of aromatic amines is 1. The van der Waals surface area contributed by atoms with Crippen molar-refractivity contribution in [1.29, 1.82) is 0 Å². The number of hydrogen-bond acceptors (Lipinski definition) is 5. The Bertz CT molecular complexity index is 940. The lowest BCUT2D eigenvalue weighted by atomic mass is 10.0. The fourth-order valence-corrected chi connectivity index (χ4v) is 2.97. The van der Waals surface area contributed by atoms with Crippen LogP contribution < -0.4 is 20.3 Å². The molecule has 7 nitrogen and oxygen atoms in total. The number of halogens is 2. The third kappa shape index (κ3) is 3.24. The zero-order valence-corrected chi connectivity index (χ0v) is 13.7. The highest BCUT2D eigenvalue weighted by molar-refractivity contribution is 5.92. The molecule has 1 atom stereocenters. The highest BCUT2D eigenvalue weighted by Crippen LogP contribution is 2.46. The van der Waals surface area contributed by atoms with Crippen molar-refractivity contribution in [2.75, 3.05) is 0 Å². The van der Waals surface area contributed by atoms with E-state index in [0.717, 1.165) is 18.9 Å². The van der Waals surface area contributed by atoms with Gasteiger partial charge in [0.1, 0.15) is 11.5 Å². The van der Waals surface area contributed by atoms with Crippen LogP contribution in [-0.4, -0.2) is 22.2 Å². The highest BCUT2D eigenvalue weighted by Gasteiger charge is 2.44. The second kappa shape index (κ2) is 5.79. The van der Waals surface area contributed by atoms with Gasteiger partial charge >= 0.3 is 6.29 Å². The molecule has 26 heavy (non-hydrogen) atoms. The standard InChI is InChI=1S/C17H15F2N3O4/c1-8-20-11(7-14(23)21-8)16(24)22-15(9-2-3-9)10-4-5-12-13(6-10)26-17(18,19)25-12/h4-7,9,15H,2-3H2,1H3,(H,22,24)(H,20,21,23). The molecular formula is C17H15F2N3O4. The minimum atomic E-state index is -3.69. The van der Waals surface area contributed by atoms with Crippen molar-refractivity contribution in [2.24, 2.45) is 5.92 Å². The second-order valence-corrected chi connectivity index (χ2v) is 6.38. The molecule has 0 saturated heterocycles. The molecule has 136 valence electrons. The van der Waals surface area contributed by atoms with E-state index in [1.807, 2.05) is 0 Å². The number of fused-ring (bicyclic) bond motifs is 1. The van der Waals surface area contributed by atoms with Crippen LogP contribution in [0, 0.1) is 12.8 Å². The Labute approximate surface area is 146 Å². The van der Waals surface area contributed by atoms with Crippen molar-refractivity contribution in [3.8, 4) is 11.5 Å². The summed E-state index contributed by atoms with van der Waals surface area (Å²) in [6, 6.07) is 5.17. The number of benzene rings is 1. The van der Waals surface area contributed by atoms with Gasteiger partial charge in [0.25, 0.3) is 11.5 Å². The number of carbonyl (C=O) groups excluding carboxylic acids is 1. The predicted octanol–water partition coefficient (Wildman–Crippen LogP) is 2.28. The molecule has 1 aromatic heterocycles. The fraction of sp³-hybridized carbons (Fsp3) is 0.353. The maximum atomic E-state index is 13.2. The van der Waals surface area contributed by atoms with Crippen LogP contribution in [0.3, 0.4) is 0 Å². The number of carbonyl (C=O) groups is 1. The lowest BCUT2D eigenvalue weighted by Crippen LogP contribution is -2.31. The minimum Gasteiger partial charge on any atom is -0.395 e. The van der Waals surface area contributed by atoms with Crippen LogP contribution in [-0.2, 0) is 0 Å². The number of nitrogens with one attached hydrogen (secondary N) is 2. The van der Waals surface area contributed by atoms with Crippen LogP contribution in [0.2, 0.25) is 0 Å². The summed E-state index contributed by atoms with van der Waals surface area (Å²) in [5.41, 5.74) is 0.211. The van der Waals surface area contributed by atoms with E-state index < -0.39 is 23.8 Å². The average molecular weight is 363 g/mol. The SMILES string of the molecule is Cc1nc(C(=O)NC(c2ccc3c(c2)OC(F)(F)O3)C2CC2)cc(=O)[nH]1. The molecule has 1 aliphatic carbocycles. The molecule has 0 bridgehead atoms. The molecule has 1 amide bonds. The number of ether oxygens (including phenoxy) is 2. The molecule has 1 unspecified atom stereocenters. The fourth-order valence-electron chi connectivity index (χ4n) is 2.97. The summed E-state index contributed by atoms with van der Waals surface area (Å²) < 4.78 is 35.3. The molecule has 2 aliphatic rings. The molecule has 4 rings (SSSR count). The van der Waals surface area contributed by atoms with Gasteiger partial charge in [-0.25, -0.2) is 4.98 Å². The van der Waals surface area contributed by atoms with Gasteiger partial charge in [-0.15, -0.1) is 8.78 Å². The zero-order chi connectivity index (χ0) is 18.5. The third-order valence-corrected chi connectivity index (χ3v) is 4.26. The van der Waals surface area contributed by atoms with Crippen LogP contribution in [0.4, 0.5) is 8.78 Å². The monoisotopic (exact) mass is 363 g/mol. The summed E-state index contributed by atoms with van der Waals surface area (Å²) in [4.78, 5) is 30.5. The molecule has 0 spiro atoms. The predicted molar refractivity (Wildman–Crippen MR) is 85.2 cm³/mol. The summed E-state index contributed by atoms with van der Waals surface area (Å²) in [6.45, 7) is 1.58. The molecule has 1 aliphatic heterocycles. The van der Waals surface area contributed by atoms with E-state index in [2.05, 4.69) is 24.8 Å². The maximum absolute atomic E-state index is 13.2. The molecule has 2 aromatic rings. The topological polar surface area (TPSA) is 93.3 Å². The Kier molecular flexibility index (Phi) is 3.67. The van der Waals surface area contributed by atoms with E-state index in [-0.39, 0.29) is 23.1 Å². The van der Waals surface area contributed by atoms with Crippen LogP contribution in [0.25, 0.3) is 0 Å². The molecule has 2 N–H and O–H groups in total. The second-order valence-electron chi connectivity index (χ2n) is 6.38. The Morgan fingerprint density at radius 1 is 1.31 bits per heavy atom. The minimum absolute atomic E-state index is 0.00387. The van der Waals surface area contributed by atoms with E-state index in [0.29, 0.717) is 11.4 Å². The Morgan fingerprint density at radius 2 is 2.04 bits per heavy atom. The number of amides is 1. The third-order valence-electron chi connectivity index (χ3n) is 4.26. The number of hydrogen-bond donors (Lipinski definition) is 2. The van der Waals surface area contributed by atoms with E-state index in [1.165, 1.54) is 12.1 Å². The molecular weight excluding hydrogens is 348 g/mol. The quantitative estimate of drug-likeness (QED) is 0.869. The van der Waals surface area contributed by atoms with E-state index in [1.54, 1.807) is 13.0 Å². The summed E-state index contributed by atoms with van der Waals surface area (Å²) in [5, 5.41) is 2.84. The number of nitrogens with zero attached hydrogens (tertiary/aromatic N) is 1. The largest absolute Gasteiger partial charge is 0.586 e. The van der Waals surface area contributed by atoms with Crippen molar-refractivity contribution >= 4 is 5.91 Å². The summed E-state index contributed by atoms with van der Waals surface area (Å²) in [6.07, 6.45) is -1.89. The highest BCUT2D eigenvalue weighted by atomic mass is 19.3. The Morgan fingerprint density at radius 3 is 2.73 bits per heavy atom. The zero-order valence-electron chi connectivity index (χ0n) is 13.7. The van der Waals surface area contributed by atoms with Crippen LogP contribution in [0.15, 0.2) is 29.1 Å². The number of alkyl halides is 2. The van der Waals surface area contributed by atoms with Crippen LogP contribution in [0.1, 0.15) is 40.8 Å². The van der Waals surface area contributed by atoms with Crippen molar-refractivity contribution in [3.63, 3.8) is 0 Å². The maximum Gasteiger partial charge on any atom is 0.586 e. The van der Waals surface area contributed by atoms with Gasteiger partial charge in [0, 0.05) is 6.07 Å². The molecule has 0 radical (unpaired) electrons. The van der Waals surface area contributed by atoms with Gasteiger partial charge in [-0.2, -0.15) is 0 Å². The molecule has 1 saturated carbocycles. The molecule has 1 fully saturated rings. The Hall–Kier alpha value is -2.97. The first kappa shape index (κ1) is 16.5. The van der Waals surface area contributed by atoms with Gasteiger partial charge in [0.05, 0.1) is 6.04 Å². The van der Waals surface area contributed by atoms with Crippen LogP contribution in [0.5, 0.6) is 11.5 Å². The van der Waals surface area contributed by atoms with Gasteiger partial charge in [-0.3, -0.25) is 9.59 Å². The van der Waals surface area contributed by atoms with Crippen molar-refractivity contribution in [2.45, 2.75) is 32.1 Å². The van der Waals surface area contributed by atoms with E-state index in [4.69, 9.17) is 0 Å². The molecule has 2 heterocycles. The number of aromatic nitrogens is 2. The van der Waals surface area contributed by atoms with Gasteiger partial charge in [-0.1, -0.05) is 6.07 Å². The summed E-state index contributed by atoms with van der Waals surface area (Å²) in [5.74, 6) is -0.109. The van der Waals surface area contributed by atoms with Gasteiger partial charge in [0.15, 0.2) is 11.5 Å². The van der Waals surface area contributed by atoms with Crippen molar-refractivity contribution < 1.29 is 23.0 Å². The first-order chi connectivity index (χ1) is 12.3. The van der Waals surface area contributed by atoms with Gasteiger partial charge < -0.3 is 19.8 Å². The normalized spacial score (nSPS) is 18.4. The molecule has 9 heteroatoms. The van der Waals surface area contributed by atoms with Crippen LogP contribution >= 0.6 is 0 Å².